The average Bonchev–Trinajstić information content (AvgIpc) is 2.27. The van der Waals surface area contributed by atoms with Gasteiger partial charge in [0.2, 0.25) is 0 Å². The number of carbonyl (C=O) groups excluding carboxylic acids is 2. The molecular weight excluding hydrogens is 240 g/mol. The number of ether oxygens (including phenoxy) is 1. The lowest BCUT2D eigenvalue weighted by Gasteiger charge is -2.36. The lowest BCUT2D eigenvalue weighted by Crippen LogP contribution is -2.35. The molecule has 0 aliphatic heterocycles. The zero-order chi connectivity index (χ0) is 14.4. The van der Waals surface area contributed by atoms with E-state index in [1.807, 2.05) is 0 Å². The number of Topliss-reactive ketones (excluding diaryl/α,β-unsaturated/α-hetero) is 1. The maximum atomic E-state index is 11.8. The van der Waals surface area contributed by atoms with Crippen molar-refractivity contribution in [1.82, 2.24) is 0 Å². The van der Waals surface area contributed by atoms with Crippen LogP contribution in [-0.2, 0) is 14.3 Å². The Balaban J connectivity index is 2.42. The predicted molar refractivity (Wildman–Crippen MR) is 75.8 cm³/mol. The minimum Gasteiger partial charge on any atom is -0.462 e. The van der Waals surface area contributed by atoms with Gasteiger partial charge in [-0.1, -0.05) is 27.2 Å². The number of carbonyl (C=O) groups is 2. The Hall–Kier alpha value is -0.860. The Morgan fingerprint density at radius 3 is 2.47 bits per heavy atom. The Kier molecular flexibility index (Phi) is 6.53. The second-order valence-electron chi connectivity index (χ2n) is 6.41. The standard InChI is InChI=1S/C16H28O3/c1-11(2)14-9-8-12(3)10-15(14)19-16(18)7-5-6-13(4)17/h11-12,14-15H,5-10H2,1-4H3. The number of esters is 1. The minimum absolute atomic E-state index is 0.0774. The van der Waals surface area contributed by atoms with Crippen LogP contribution in [0.5, 0.6) is 0 Å². The summed E-state index contributed by atoms with van der Waals surface area (Å²) in [5.41, 5.74) is 0. The van der Waals surface area contributed by atoms with Gasteiger partial charge in [0.15, 0.2) is 0 Å². The van der Waals surface area contributed by atoms with E-state index in [1.165, 1.54) is 6.42 Å². The molecule has 0 amide bonds. The summed E-state index contributed by atoms with van der Waals surface area (Å²) in [6.07, 6.45) is 4.92. The normalized spacial score (nSPS) is 27.3. The van der Waals surface area contributed by atoms with Crippen LogP contribution in [0.25, 0.3) is 0 Å². The third-order valence-electron chi connectivity index (χ3n) is 4.15. The maximum Gasteiger partial charge on any atom is 0.306 e. The third-order valence-corrected chi connectivity index (χ3v) is 4.15. The quantitative estimate of drug-likeness (QED) is 0.689. The molecule has 19 heavy (non-hydrogen) atoms. The molecule has 1 saturated carbocycles. The van der Waals surface area contributed by atoms with Crippen molar-refractivity contribution in [1.29, 1.82) is 0 Å². The van der Waals surface area contributed by atoms with Crippen LogP contribution in [0.3, 0.4) is 0 Å². The lowest BCUT2D eigenvalue weighted by molar-refractivity contribution is -0.156. The monoisotopic (exact) mass is 268 g/mol. The Morgan fingerprint density at radius 1 is 1.21 bits per heavy atom. The Labute approximate surface area is 117 Å². The second kappa shape index (κ2) is 7.66. The molecule has 1 aliphatic carbocycles. The summed E-state index contributed by atoms with van der Waals surface area (Å²) in [7, 11) is 0. The van der Waals surface area contributed by atoms with Crippen molar-refractivity contribution in [2.75, 3.05) is 0 Å². The fourth-order valence-corrected chi connectivity index (χ4v) is 2.96. The lowest BCUT2D eigenvalue weighted by atomic mass is 9.75. The van der Waals surface area contributed by atoms with Crippen molar-refractivity contribution in [3.05, 3.63) is 0 Å². The molecule has 1 rings (SSSR count). The van der Waals surface area contributed by atoms with E-state index in [2.05, 4.69) is 20.8 Å². The zero-order valence-electron chi connectivity index (χ0n) is 12.8. The van der Waals surface area contributed by atoms with Crippen molar-refractivity contribution in [2.45, 2.75) is 72.3 Å². The fraction of sp³-hybridized carbons (Fsp3) is 0.875. The number of rotatable bonds is 6. The van der Waals surface area contributed by atoms with Crippen LogP contribution < -0.4 is 0 Å². The van der Waals surface area contributed by atoms with E-state index in [4.69, 9.17) is 4.74 Å². The second-order valence-corrected chi connectivity index (χ2v) is 6.41. The molecule has 0 radical (unpaired) electrons. The first-order valence-corrected chi connectivity index (χ1v) is 7.59. The van der Waals surface area contributed by atoms with Gasteiger partial charge >= 0.3 is 5.97 Å². The van der Waals surface area contributed by atoms with Crippen LogP contribution in [0.15, 0.2) is 0 Å². The summed E-state index contributed by atoms with van der Waals surface area (Å²) >= 11 is 0. The number of hydrogen-bond donors (Lipinski definition) is 0. The van der Waals surface area contributed by atoms with Gasteiger partial charge in [-0.2, -0.15) is 0 Å². The molecule has 0 aromatic carbocycles. The van der Waals surface area contributed by atoms with Crippen LogP contribution in [0.4, 0.5) is 0 Å². The first-order valence-electron chi connectivity index (χ1n) is 7.59. The summed E-state index contributed by atoms with van der Waals surface area (Å²) in [6, 6.07) is 0. The molecule has 0 aromatic heterocycles. The van der Waals surface area contributed by atoms with Crippen LogP contribution in [0, 0.1) is 17.8 Å². The fourth-order valence-electron chi connectivity index (χ4n) is 2.96. The summed E-state index contributed by atoms with van der Waals surface area (Å²) in [5, 5.41) is 0. The molecule has 3 nitrogen and oxygen atoms in total. The molecule has 0 bridgehead atoms. The van der Waals surface area contributed by atoms with E-state index >= 15 is 0 Å². The molecule has 3 atom stereocenters. The van der Waals surface area contributed by atoms with E-state index in [0.717, 1.165) is 12.8 Å². The highest BCUT2D eigenvalue weighted by atomic mass is 16.5. The highest BCUT2D eigenvalue weighted by Crippen LogP contribution is 2.35. The molecular formula is C16H28O3. The number of hydrogen-bond acceptors (Lipinski definition) is 3. The first kappa shape index (κ1) is 16.2. The Bertz CT molecular complexity index is 309. The summed E-state index contributed by atoms with van der Waals surface area (Å²) in [4.78, 5) is 22.7. The molecule has 0 N–H and O–H groups in total. The minimum atomic E-state index is -0.133. The average molecular weight is 268 g/mol. The molecule has 0 spiro atoms. The van der Waals surface area contributed by atoms with E-state index in [1.54, 1.807) is 6.92 Å². The van der Waals surface area contributed by atoms with Crippen molar-refractivity contribution in [3.8, 4) is 0 Å². The topological polar surface area (TPSA) is 43.4 Å². The maximum absolute atomic E-state index is 11.8. The molecule has 0 saturated heterocycles. The third kappa shape index (κ3) is 5.75. The largest absolute Gasteiger partial charge is 0.462 e. The van der Waals surface area contributed by atoms with E-state index in [0.29, 0.717) is 37.0 Å². The molecule has 1 aliphatic rings. The SMILES string of the molecule is CC(=O)CCCC(=O)OC1CC(C)CCC1C(C)C. The van der Waals surface area contributed by atoms with Gasteiger partial charge in [-0.25, -0.2) is 0 Å². The zero-order valence-corrected chi connectivity index (χ0v) is 12.8. The molecule has 110 valence electrons. The van der Waals surface area contributed by atoms with E-state index in [9.17, 15) is 9.59 Å². The van der Waals surface area contributed by atoms with Crippen LogP contribution in [0.2, 0.25) is 0 Å². The van der Waals surface area contributed by atoms with Gasteiger partial charge in [0.25, 0.3) is 0 Å². The van der Waals surface area contributed by atoms with Crippen molar-refractivity contribution in [3.63, 3.8) is 0 Å². The smallest absolute Gasteiger partial charge is 0.306 e. The predicted octanol–water partition coefficient (Wildman–Crippen LogP) is 3.75. The summed E-state index contributed by atoms with van der Waals surface area (Å²) in [5.74, 6) is 1.70. The van der Waals surface area contributed by atoms with Crippen LogP contribution >= 0.6 is 0 Å². The van der Waals surface area contributed by atoms with Gasteiger partial charge in [0.05, 0.1) is 0 Å². The highest BCUT2D eigenvalue weighted by Gasteiger charge is 2.33. The van der Waals surface area contributed by atoms with Gasteiger partial charge in [0.1, 0.15) is 11.9 Å². The van der Waals surface area contributed by atoms with Crippen molar-refractivity contribution >= 4 is 11.8 Å². The van der Waals surface area contributed by atoms with Crippen molar-refractivity contribution < 1.29 is 14.3 Å². The van der Waals surface area contributed by atoms with Gasteiger partial charge < -0.3 is 9.53 Å². The molecule has 0 heterocycles. The van der Waals surface area contributed by atoms with E-state index < -0.39 is 0 Å². The van der Waals surface area contributed by atoms with Crippen molar-refractivity contribution in [2.24, 2.45) is 17.8 Å². The highest BCUT2D eigenvalue weighted by molar-refractivity contribution is 5.76. The van der Waals surface area contributed by atoms with Gasteiger partial charge in [-0.15, -0.1) is 0 Å². The van der Waals surface area contributed by atoms with Gasteiger partial charge in [-0.3, -0.25) is 4.79 Å². The summed E-state index contributed by atoms with van der Waals surface area (Å²) < 4.78 is 5.67. The number of ketones is 1. The van der Waals surface area contributed by atoms with Gasteiger partial charge in [0, 0.05) is 12.8 Å². The van der Waals surface area contributed by atoms with Crippen LogP contribution in [0.1, 0.15) is 66.2 Å². The first-order chi connectivity index (χ1) is 8.90. The molecule has 1 fully saturated rings. The van der Waals surface area contributed by atoms with E-state index in [-0.39, 0.29) is 17.9 Å². The molecule has 0 aromatic rings. The molecule has 3 unspecified atom stereocenters. The molecule has 3 heteroatoms. The summed E-state index contributed by atoms with van der Waals surface area (Å²) in [6.45, 7) is 8.20. The van der Waals surface area contributed by atoms with Gasteiger partial charge in [-0.05, 0) is 43.9 Å². The Morgan fingerprint density at radius 2 is 1.89 bits per heavy atom. The van der Waals surface area contributed by atoms with Crippen LogP contribution in [-0.4, -0.2) is 17.9 Å².